The van der Waals surface area contributed by atoms with E-state index in [0.717, 1.165) is 0 Å². The molecule has 0 spiro atoms. The summed E-state index contributed by atoms with van der Waals surface area (Å²) in [6.07, 6.45) is 0. The van der Waals surface area contributed by atoms with Crippen LogP contribution in [0.1, 0.15) is 1.43 Å². The van der Waals surface area contributed by atoms with E-state index in [2.05, 4.69) is 52.4 Å². The molecule has 0 rings (SSSR count). The fourth-order valence-electron chi connectivity index (χ4n) is 0. The Hall–Kier alpha value is 0.966. The van der Waals surface area contributed by atoms with Gasteiger partial charge in [0.1, 0.15) is 0 Å². The van der Waals surface area contributed by atoms with Crippen molar-refractivity contribution < 1.29 is 1.43 Å². The van der Waals surface area contributed by atoms with E-state index in [4.69, 9.17) is 0 Å². The molecule has 0 nitrogen and oxygen atoms in total. The lowest BCUT2D eigenvalue weighted by atomic mass is 11.8. The van der Waals surface area contributed by atoms with Gasteiger partial charge >= 0.3 is 0 Å². The van der Waals surface area contributed by atoms with Crippen molar-refractivity contribution in [1.29, 1.82) is 0 Å². The maximum absolute atomic E-state index is 3.91. The largest absolute Gasteiger partial charge is 0.0696 e. The quantitative estimate of drug-likeness (QED) is 0.530. The van der Waals surface area contributed by atoms with Crippen molar-refractivity contribution in [3.8, 4) is 0 Å². The molecule has 0 saturated carbocycles. The van der Waals surface area contributed by atoms with E-state index in [1.807, 2.05) is 0 Å². The molecule has 11 heavy (non-hydrogen) atoms. The van der Waals surface area contributed by atoms with Crippen LogP contribution in [0.5, 0.6) is 0 Å². The van der Waals surface area contributed by atoms with E-state index in [9.17, 15) is 0 Å². The lowest BCUT2D eigenvalue weighted by Crippen LogP contribution is -2.12. The SMILES string of the molecule is [Al].[CH2][Si](C)(C)C.[CH2][Si](C)(C)C.[HH]. The molecule has 0 atom stereocenters. The van der Waals surface area contributed by atoms with Gasteiger partial charge in [0, 0.05) is 34.9 Å². The molecule has 67 valence electrons. The zero-order valence-electron chi connectivity index (χ0n) is 8.99. The van der Waals surface area contributed by atoms with Crippen LogP contribution in [0.25, 0.3) is 0 Å². The summed E-state index contributed by atoms with van der Waals surface area (Å²) in [6.45, 7) is 21.1. The second-order valence-corrected chi connectivity index (χ2v) is 15.4. The molecule has 0 aliphatic heterocycles. The average molecular weight is 203 g/mol. The fourth-order valence-corrected chi connectivity index (χ4v) is 0. The van der Waals surface area contributed by atoms with Crippen molar-refractivity contribution in [3.05, 3.63) is 13.1 Å². The molecule has 0 unspecified atom stereocenters. The maximum atomic E-state index is 3.91. The molecule has 0 aliphatic rings. The molecule has 0 aliphatic carbocycles. The van der Waals surface area contributed by atoms with Crippen LogP contribution in [0.15, 0.2) is 0 Å². The smallest absolute Gasteiger partial charge is 0.0439 e. The van der Waals surface area contributed by atoms with Gasteiger partial charge in [-0.2, -0.15) is 0 Å². The van der Waals surface area contributed by atoms with Gasteiger partial charge in [-0.25, -0.2) is 0 Å². The Morgan fingerprint density at radius 2 is 0.727 bits per heavy atom. The minimum Gasteiger partial charge on any atom is -0.0696 e. The topological polar surface area (TPSA) is 0 Å². The lowest BCUT2D eigenvalue weighted by molar-refractivity contribution is 1.78. The minimum atomic E-state index is -0.861. The molecule has 0 saturated heterocycles. The highest BCUT2D eigenvalue weighted by Gasteiger charge is 2.00. The third kappa shape index (κ3) is 944. The van der Waals surface area contributed by atoms with Crippen molar-refractivity contribution in [3.63, 3.8) is 0 Å². The van der Waals surface area contributed by atoms with Gasteiger partial charge in [0.15, 0.2) is 0 Å². The van der Waals surface area contributed by atoms with Crippen LogP contribution >= 0.6 is 0 Å². The van der Waals surface area contributed by atoms with Gasteiger partial charge in [0.2, 0.25) is 0 Å². The third-order valence-corrected chi connectivity index (χ3v) is 0. The van der Waals surface area contributed by atoms with Crippen LogP contribution in [0, 0.1) is 13.1 Å². The molecule has 0 N–H and O–H groups in total. The van der Waals surface area contributed by atoms with E-state index in [1.165, 1.54) is 0 Å². The normalized spacial score (nSPS) is 10.9. The maximum Gasteiger partial charge on any atom is 0.0439 e. The van der Waals surface area contributed by atoms with E-state index in [1.54, 1.807) is 0 Å². The van der Waals surface area contributed by atoms with Gasteiger partial charge in [-0.05, 0) is 0 Å². The Labute approximate surface area is 87.4 Å². The summed E-state index contributed by atoms with van der Waals surface area (Å²) in [5.41, 5.74) is 0. The van der Waals surface area contributed by atoms with Crippen LogP contribution in [-0.2, 0) is 0 Å². The van der Waals surface area contributed by atoms with Gasteiger partial charge in [0.05, 0.1) is 0 Å². The molecule has 0 aromatic carbocycles. The first-order chi connectivity index (χ1) is 4.00. The standard InChI is InChI=1S/2C4H11Si.Al.H2/c2*1-5(2,3)4;;/h2*1H2,2-4H3;;1H. The van der Waals surface area contributed by atoms with Crippen molar-refractivity contribution in [2.75, 3.05) is 0 Å². The predicted molar refractivity (Wildman–Crippen MR) is 65.3 cm³/mol. The van der Waals surface area contributed by atoms with Gasteiger partial charge in [-0.15, -0.1) is 0 Å². The lowest BCUT2D eigenvalue weighted by Gasteiger charge is -2.01. The van der Waals surface area contributed by atoms with E-state index < -0.39 is 16.1 Å². The molecule has 0 aromatic heterocycles. The first kappa shape index (κ1) is 17.9. The van der Waals surface area contributed by atoms with Crippen molar-refractivity contribution in [2.24, 2.45) is 0 Å². The summed E-state index contributed by atoms with van der Waals surface area (Å²) in [7, 11) is -1.72. The van der Waals surface area contributed by atoms with Crippen LogP contribution < -0.4 is 0 Å². The van der Waals surface area contributed by atoms with Gasteiger partial charge in [-0.3, -0.25) is 0 Å². The van der Waals surface area contributed by atoms with Crippen molar-refractivity contribution in [1.82, 2.24) is 0 Å². The highest BCUT2D eigenvalue weighted by atomic mass is 28.3. The number of rotatable bonds is 0. The molecule has 0 fully saturated rings. The number of hydrogen-bond acceptors (Lipinski definition) is 0. The monoisotopic (exact) mass is 203 g/mol. The first-order valence-electron chi connectivity index (χ1n) is 3.71. The zero-order chi connectivity index (χ0) is 9.00. The van der Waals surface area contributed by atoms with E-state index >= 15 is 0 Å². The molecule has 0 heterocycles. The molecule has 5 radical (unpaired) electrons. The Morgan fingerprint density at radius 1 is 0.727 bits per heavy atom. The van der Waals surface area contributed by atoms with Crippen molar-refractivity contribution >= 4 is 33.5 Å². The molecule has 0 amide bonds. The van der Waals surface area contributed by atoms with E-state index in [0.29, 0.717) is 0 Å². The first-order valence-corrected chi connectivity index (χ1v) is 11.1. The molecule has 3 heteroatoms. The average Bonchev–Trinajstić information content (AvgIpc) is 1.12. The third-order valence-electron chi connectivity index (χ3n) is 0. The van der Waals surface area contributed by atoms with Gasteiger partial charge in [-0.1, -0.05) is 52.4 Å². The fraction of sp³-hybridized carbons (Fsp3) is 0.750. The molecular formula is C8H24AlSi2. The van der Waals surface area contributed by atoms with Crippen LogP contribution in [0.2, 0.25) is 39.3 Å². The highest BCUT2D eigenvalue weighted by molar-refractivity contribution is 6.78. The summed E-state index contributed by atoms with van der Waals surface area (Å²) >= 11 is 0. The Kier molecular flexibility index (Phi) is 10.5. The zero-order valence-corrected chi connectivity index (χ0v) is 12.1. The number of hydrogen-bond donors (Lipinski definition) is 0. The van der Waals surface area contributed by atoms with E-state index in [-0.39, 0.29) is 18.8 Å². The Bertz CT molecular complexity index is 60.0. The van der Waals surface area contributed by atoms with Gasteiger partial charge < -0.3 is 0 Å². The summed E-state index contributed by atoms with van der Waals surface area (Å²) < 4.78 is 0. The molecule has 0 aromatic rings. The predicted octanol–water partition coefficient (Wildman–Crippen LogP) is 3.26. The Balaban J connectivity index is -0.0000000457. The van der Waals surface area contributed by atoms with Gasteiger partial charge in [0.25, 0.3) is 0 Å². The summed E-state index contributed by atoms with van der Waals surface area (Å²) in [5.74, 6) is 0. The minimum absolute atomic E-state index is 0. The summed E-state index contributed by atoms with van der Waals surface area (Å²) in [5, 5.41) is 0. The summed E-state index contributed by atoms with van der Waals surface area (Å²) in [4.78, 5) is 0. The second kappa shape index (κ2) is 6.48. The van der Waals surface area contributed by atoms with Crippen LogP contribution in [-0.4, -0.2) is 33.5 Å². The van der Waals surface area contributed by atoms with Crippen LogP contribution in [0.4, 0.5) is 0 Å². The highest BCUT2D eigenvalue weighted by Crippen LogP contribution is 1.93. The second-order valence-electron chi connectivity index (χ2n) is 5.12. The van der Waals surface area contributed by atoms with Crippen LogP contribution in [0.3, 0.4) is 0 Å². The summed E-state index contributed by atoms with van der Waals surface area (Å²) in [6, 6.07) is 0. The molecule has 0 bridgehead atoms. The Morgan fingerprint density at radius 3 is 0.727 bits per heavy atom. The van der Waals surface area contributed by atoms with Crippen molar-refractivity contribution in [2.45, 2.75) is 39.3 Å². The molecular weight excluding hydrogens is 179 g/mol.